The van der Waals surface area contributed by atoms with Gasteiger partial charge in [-0.05, 0) is 53.7 Å². The van der Waals surface area contributed by atoms with Crippen LogP contribution in [-0.4, -0.2) is 21.1 Å². The molecule has 0 aromatic carbocycles. The van der Waals surface area contributed by atoms with E-state index in [4.69, 9.17) is 0 Å². The number of nitrogens with zero attached hydrogens (tertiary/aromatic N) is 2. The van der Waals surface area contributed by atoms with Crippen LogP contribution < -0.4 is 0 Å². The van der Waals surface area contributed by atoms with Crippen molar-refractivity contribution in [2.45, 2.75) is 52.6 Å². The van der Waals surface area contributed by atoms with Gasteiger partial charge in [-0.3, -0.25) is 10.0 Å². The second-order valence-electron chi connectivity index (χ2n) is 5.71. The third kappa shape index (κ3) is 2.31. The fourth-order valence-corrected chi connectivity index (χ4v) is 1.50. The Bertz CT molecular complexity index is 222. The van der Waals surface area contributed by atoms with Gasteiger partial charge < -0.3 is 0 Å². The van der Waals surface area contributed by atoms with E-state index in [-0.39, 0.29) is 11.1 Å². The zero-order valence-corrected chi connectivity index (χ0v) is 10.2. The molecule has 14 heavy (non-hydrogen) atoms. The summed E-state index contributed by atoms with van der Waals surface area (Å²) < 4.78 is 0. The van der Waals surface area contributed by atoms with Crippen molar-refractivity contribution < 1.29 is 0 Å². The Morgan fingerprint density at radius 2 is 0.929 bits per heavy atom. The minimum Gasteiger partial charge on any atom is -0.287 e. The highest BCUT2D eigenvalue weighted by Crippen LogP contribution is 2.26. The summed E-state index contributed by atoms with van der Waals surface area (Å²) in [5.41, 5.74) is 0.239. The number of allylic oxidation sites excluding steroid dienone is 2. The van der Waals surface area contributed by atoms with E-state index in [1.54, 1.807) is 0 Å². The molecular formula is C12H22N2. The maximum Gasteiger partial charge on any atom is 0.0524 e. The third-order valence-electron chi connectivity index (χ3n) is 2.17. The molecule has 1 heterocycles. The summed E-state index contributed by atoms with van der Waals surface area (Å²) in [5.74, 6) is 0. The monoisotopic (exact) mass is 194 g/mol. The van der Waals surface area contributed by atoms with Gasteiger partial charge in [0.25, 0.3) is 0 Å². The maximum absolute atomic E-state index is 2.27. The minimum absolute atomic E-state index is 0.120. The van der Waals surface area contributed by atoms with Gasteiger partial charge in [0.2, 0.25) is 0 Å². The average Bonchev–Trinajstić information content (AvgIpc) is 2.01. The Labute approximate surface area is 87.9 Å². The lowest BCUT2D eigenvalue weighted by molar-refractivity contribution is -0.0673. The molecular weight excluding hydrogens is 172 g/mol. The van der Waals surface area contributed by atoms with Crippen molar-refractivity contribution in [2.75, 3.05) is 0 Å². The van der Waals surface area contributed by atoms with Gasteiger partial charge in [-0.1, -0.05) is 0 Å². The van der Waals surface area contributed by atoms with Gasteiger partial charge >= 0.3 is 0 Å². The lowest BCUT2D eigenvalue weighted by atomic mass is 10.0. The summed E-state index contributed by atoms with van der Waals surface area (Å²) in [5, 5.41) is 4.54. The van der Waals surface area contributed by atoms with Crippen LogP contribution in [-0.2, 0) is 0 Å². The summed E-state index contributed by atoms with van der Waals surface area (Å²) in [6.07, 6.45) is 8.41. The summed E-state index contributed by atoms with van der Waals surface area (Å²) in [7, 11) is 0. The van der Waals surface area contributed by atoms with Crippen molar-refractivity contribution in [1.82, 2.24) is 10.0 Å². The van der Waals surface area contributed by atoms with Crippen molar-refractivity contribution in [3.63, 3.8) is 0 Å². The molecule has 0 aromatic heterocycles. The van der Waals surface area contributed by atoms with Crippen molar-refractivity contribution in [3.8, 4) is 0 Å². The van der Waals surface area contributed by atoms with Crippen LogP contribution in [0.25, 0.3) is 0 Å². The van der Waals surface area contributed by atoms with Crippen LogP contribution in [0.1, 0.15) is 41.5 Å². The first-order valence-corrected chi connectivity index (χ1v) is 5.16. The van der Waals surface area contributed by atoms with Gasteiger partial charge in [-0.15, -0.1) is 0 Å². The van der Waals surface area contributed by atoms with Crippen molar-refractivity contribution >= 4 is 0 Å². The number of rotatable bonds is 0. The molecule has 0 amide bonds. The van der Waals surface area contributed by atoms with Gasteiger partial charge in [0.1, 0.15) is 0 Å². The molecule has 0 aromatic rings. The Kier molecular flexibility index (Phi) is 2.66. The summed E-state index contributed by atoms with van der Waals surface area (Å²) >= 11 is 0. The van der Waals surface area contributed by atoms with Gasteiger partial charge in [0, 0.05) is 12.4 Å². The summed E-state index contributed by atoms with van der Waals surface area (Å²) in [6.45, 7) is 13.3. The van der Waals surface area contributed by atoms with Crippen LogP contribution in [0.3, 0.4) is 0 Å². The van der Waals surface area contributed by atoms with Gasteiger partial charge in [-0.25, -0.2) is 0 Å². The van der Waals surface area contributed by atoms with Gasteiger partial charge in [0.15, 0.2) is 0 Å². The van der Waals surface area contributed by atoms with E-state index in [9.17, 15) is 0 Å². The molecule has 2 heteroatoms. The fraction of sp³-hybridized carbons (Fsp3) is 0.667. The zero-order valence-electron chi connectivity index (χ0n) is 10.2. The highest BCUT2D eigenvalue weighted by Gasteiger charge is 2.30. The van der Waals surface area contributed by atoms with Crippen LogP contribution in [0.4, 0.5) is 0 Å². The molecule has 0 bridgehead atoms. The second-order valence-corrected chi connectivity index (χ2v) is 5.71. The van der Waals surface area contributed by atoms with Crippen LogP contribution >= 0.6 is 0 Å². The molecule has 0 fully saturated rings. The lowest BCUT2D eigenvalue weighted by Gasteiger charge is -2.50. The van der Waals surface area contributed by atoms with Gasteiger partial charge in [-0.2, -0.15) is 0 Å². The van der Waals surface area contributed by atoms with Crippen LogP contribution in [0.5, 0.6) is 0 Å². The third-order valence-corrected chi connectivity index (χ3v) is 2.17. The average molecular weight is 194 g/mol. The largest absolute Gasteiger partial charge is 0.287 e. The Morgan fingerprint density at radius 1 is 0.643 bits per heavy atom. The lowest BCUT2D eigenvalue weighted by Crippen LogP contribution is -2.55. The standard InChI is InChI=1S/C12H22N2/c1-11(2,3)13-9-7-8-10-14(13)12(4,5)6/h7-10H,1-6H3. The van der Waals surface area contributed by atoms with Crippen LogP contribution in [0.15, 0.2) is 24.6 Å². The number of hydrazine groups is 1. The topological polar surface area (TPSA) is 6.48 Å². The van der Waals surface area contributed by atoms with Crippen molar-refractivity contribution in [2.24, 2.45) is 0 Å². The Morgan fingerprint density at radius 3 is 1.14 bits per heavy atom. The number of hydrogen-bond acceptors (Lipinski definition) is 2. The first kappa shape index (κ1) is 11.2. The Balaban J connectivity index is 2.94. The first-order valence-electron chi connectivity index (χ1n) is 5.16. The first-order chi connectivity index (χ1) is 6.23. The summed E-state index contributed by atoms with van der Waals surface area (Å²) in [4.78, 5) is 0. The molecule has 1 rings (SSSR count). The molecule has 0 aliphatic carbocycles. The SMILES string of the molecule is CC(C)(C)N1C=CC=CN1C(C)(C)C. The highest BCUT2D eigenvalue weighted by atomic mass is 15.7. The van der Waals surface area contributed by atoms with E-state index in [0.717, 1.165) is 0 Å². The molecule has 0 atom stereocenters. The molecule has 0 spiro atoms. The van der Waals surface area contributed by atoms with Crippen LogP contribution in [0, 0.1) is 0 Å². The maximum atomic E-state index is 2.27. The van der Waals surface area contributed by atoms with E-state index >= 15 is 0 Å². The fourth-order valence-electron chi connectivity index (χ4n) is 1.50. The van der Waals surface area contributed by atoms with Crippen molar-refractivity contribution in [3.05, 3.63) is 24.6 Å². The second kappa shape index (κ2) is 3.34. The minimum atomic E-state index is 0.120. The molecule has 2 nitrogen and oxygen atoms in total. The predicted octanol–water partition coefficient (Wildman–Crippen LogP) is 3.14. The zero-order chi connectivity index (χ0) is 11.0. The molecule has 1 aliphatic heterocycles. The molecule has 0 saturated carbocycles. The molecule has 1 aliphatic rings. The normalized spacial score (nSPS) is 17.9. The Hall–Kier alpha value is -0.920. The molecule has 0 unspecified atom stereocenters. The quantitative estimate of drug-likeness (QED) is 0.584. The molecule has 0 radical (unpaired) electrons. The van der Waals surface area contributed by atoms with E-state index in [2.05, 4.69) is 76.1 Å². The van der Waals surface area contributed by atoms with E-state index in [1.807, 2.05) is 0 Å². The van der Waals surface area contributed by atoms with E-state index in [1.165, 1.54) is 0 Å². The highest BCUT2D eigenvalue weighted by molar-refractivity contribution is 5.10. The smallest absolute Gasteiger partial charge is 0.0524 e. The molecule has 0 N–H and O–H groups in total. The predicted molar refractivity (Wildman–Crippen MR) is 61.5 cm³/mol. The van der Waals surface area contributed by atoms with Gasteiger partial charge in [0.05, 0.1) is 11.1 Å². The van der Waals surface area contributed by atoms with E-state index < -0.39 is 0 Å². The van der Waals surface area contributed by atoms with E-state index in [0.29, 0.717) is 0 Å². The molecule has 80 valence electrons. The molecule has 0 saturated heterocycles. The number of hydrogen-bond donors (Lipinski definition) is 0. The summed E-state index contributed by atoms with van der Waals surface area (Å²) in [6, 6.07) is 0. The van der Waals surface area contributed by atoms with Crippen LogP contribution in [0.2, 0.25) is 0 Å². The van der Waals surface area contributed by atoms with Crippen molar-refractivity contribution in [1.29, 1.82) is 0 Å².